The summed E-state index contributed by atoms with van der Waals surface area (Å²) in [6.07, 6.45) is 0. The molecule has 0 rings (SSSR count). The van der Waals surface area contributed by atoms with Crippen molar-refractivity contribution < 1.29 is 46.5 Å². The van der Waals surface area contributed by atoms with Crippen LogP contribution in [0.15, 0.2) is 0 Å². The molecule has 0 saturated carbocycles. The van der Waals surface area contributed by atoms with Crippen molar-refractivity contribution in [3.63, 3.8) is 0 Å². The van der Waals surface area contributed by atoms with E-state index in [2.05, 4.69) is 13.6 Å². The van der Waals surface area contributed by atoms with Gasteiger partial charge in [0.25, 0.3) is 15.6 Å². The Morgan fingerprint density at radius 1 is 0.654 bits per heavy atom. The van der Waals surface area contributed by atoms with Gasteiger partial charge < -0.3 is 37.4 Å². The first kappa shape index (κ1) is 26.1. The van der Waals surface area contributed by atoms with E-state index in [4.69, 9.17) is 14.0 Å². The molecule has 26 heavy (non-hydrogen) atoms. The second-order valence-electron chi connectivity index (χ2n) is 7.17. The van der Waals surface area contributed by atoms with Crippen LogP contribution in [-0.4, -0.2) is 50.8 Å². The Balaban J connectivity index is 3.76. The molecule has 10 nitrogen and oxygen atoms in total. The molecule has 0 fully saturated rings. The van der Waals surface area contributed by atoms with Crippen LogP contribution in [0.5, 0.6) is 0 Å². The monoisotopic (exact) mass is 420 g/mol. The molecular formula is C14H30O10P2-2. The highest BCUT2D eigenvalue weighted by atomic mass is 31.2. The lowest BCUT2D eigenvalue weighted by molar-refractivity contribution is -0.234. The average molecular weight is 420 g/mol. The summed E-state index contributed by atoms with van der Waals surface area (Å²) < 4.78 is 51.8. The fourth-order valence-electron chi connectivity index (χ4n) is 1.41. The molecule has 158 valence electrons. The van der Waals surface area contributed by atoms with Crippen molar-refractivity contribution in [3.8, 4) is 0 Å². The highest BCUT2D eigenvalue weighted by Gasteiger charge is 2.20. The van der Waals surface area contributed by atoms with Crippen LogP contribution >= 0.6 is 15.6 Å². The van der Waals surface area contributed by atoms with Gasteiger partial charge in [-0.1, -0.05) is 0 Å². The minimum absolute atomic E-state index is 0.0769. The van der Waals surface area contributed by atoms with E-state index in [-0.39, 0.29) is 45.2 Å². The maximum absolute atomic E-state index is 11.5. The summed E-state index contributed by atoms with van der Waals surface area (Å²) in [5.74, 6) is 0. The van der Waals surface area contributed by atoms with Crippen LogP contribution in [0, 0.1) is 0 Å². The molecule has 0 spiro atoms. The molecule has 2 unspecified atom stereocenters. The Morgan fingerprint density at radius 2 is 1.08 bits per heavy atom. The molecule has 0 aliphatic carbocycles. The van der Waals surface area contributed by atoms with Crippen LogP contribution in [0.4, 0.5) is 0 Å². The van der Waals surface area contributed by atoms with E-state index in [0.29, 0.717) is 0 Å². The minimum atomic E-state index is -4.44. The second kappa shape index (κ2) is 11.2. The molecule has 0 aromatic carbocycles. The molecule has 0 amide bonds. The van der Waals surface area contributed by atoms with Crippen molar-refractivity contribution >= 4 is 15.6 Å². The van der Waals surface area contributed by atoms with E-state index in [0.717, 1.165) is 0 Å². The zero-order chi connectivity index (χ0) is 20.5. The van der Waals surface area contributed by atoms with Gasteiger partial charge >= 0.3 is 0 Å². The number of ether oxygens (including phenoxy) is 2. The molecule has 0 bridgehead atoms. The van der Waals surface area contributed by atoms with Gasteiger partial charge in [-0.3, -0.25) is 9.13 Å². The lowest BCUT2D eigenvalue weighted by Crippen LogP contribution is -2.23. The van der Waals surface area contributed by atoms with Gasteiger partial charge in [-0.15, -0.1) is 0 Å². The van der Waals surface area contributed by atoms with Crippen LogP contribution in [0.2, 0.25) is 0 Å². The molecule has 2 atom stereocenters. The quantitative estimate of drug-likeness (QED) is 0.319. The molecule has 0 N–H and O–H groups in total. The van der Waals surface area contributed by atoms with Crippen molar-refractivity contribution in [1.29, 1.82) is 0 Å². The Bertz CT molecular complexity index is 483. The highest BCUT2D eigenvalue weighted by Crippen LogP contribution is 2.42. The maximum Gasteiger partial charge on any atom is 0.268 e. The third kappa shape index (κ3) is 17.5. The normalized spacial score (nSPS) is 17.7. The first-order valence-corrected chi connectivity index (χ1v) is 11.0. The molecule has 0 aliphatic heterocycles. The van der Waals surface area contributed by atoms with Crippen molar-refractivity contribution in [2.45, 2.75) is 52.7 Å². The standard InChI is InChI=1S/C14H32O10P2/c1-13(2,3)20-9-12-22-25(15,16)21-10-7-19-8-11-23-26(17,18)24-14(4,5)6/h7-12H2,1-6H3,(H,15,16)(H,17,18)/p-2. The highest BCUT2D eigenvalue weighted by molar-refractivity contribution is 7.46. The van der Waals surface area contributed by atoms with E-state index >= 15 is 0 Å². The summed E-state index contributed by atoms with van der Waals surface area (Å²) in [5, 5.41) is 0. The zero-order valence-electron chi connectivity index (χ0n) is 16.2. The Labute approximate surface area is 155 Å². The smallest absolute Gasteiger partial charge is 0.268 e. The molecule has 0 heterocycles. The summed E-state index contributed by atoms with van der Waals surface area (Å²) >= 11 is 0. The van der Waals surface area contributed by atoms with Gasteiger partial charge in [0.1, 0.15) is 0 Å². The third-order valence-electron chi connectivity index (χ3n) is 2.21. The summed E-state index contributed by atoms with van der Waals surface area (Å²) in [4.78, 5) is 22.9. The summed E-state index contributed by atoms with van der Waals surface area (Å²) in [5.41, 5.74) is -1.28. The predicted molar refractivity (Wildman–Crippen MR) is 90.4 cm³/mol. The van der Waals surface area contributed by atoms with Gasteiger partial charge in [0, 0.05) is 0 Å². The maximum atomic E-state index is 11.5. The Hall–Kier alpha value is 0.140. The number of phosphoric ester groups is 2. The van der Waals surface area contributed by atoms with Gasteiger partial charge in [0.15, 0.2) is 0 Å². The molecule has 12 heteroatoms. The SMILES string of the molecule is CC(C)(C)OCCOP(=O)([O-])OCCOCCOP(=O)([O-])OC(C)(C)C. The lowest BCUT2D eigenvalue weighted by Gasteiger charge is -2.30. The average Bonchev–Trinajstić information content (AvgIpc) is 2.39. The number of phosphoric acid groups is 2. The summed E-state index contributed by atoms with van der Waals surface area (Å²) in [7, 11) is -8.85. The van der Waals surface area contributed by atoms with E-state index in [9.17, 15) is 18.9 Å². The largest absolute Gasteiger partial charge is 0.756 e. The topological polar surface area (TPSA) is 136 Å². The molecule has 0 radical (unpaired) electrons. The van der Waals surface area contributed by atoms with Crippen LogP contribution in [0.1, 0.15) is 41.5 Å². The molecule has 0 aromatic rings. The first-order valence-electron chi connectivity index (χ1n) is 8.10. The van der Waals surface area contributed by atoms with Gasteiger partial charge in [0.05, 0.1) is 50.8 Å². The van der Waals surface area contributed by atoms with E-state index < -0.39 is 21.2 Å². The van der Waals surface area contributed by atoms with Crippen molar-refractivity contribution in [2.24, 2.45) is 0 Å². The van der Waals surface area contributed by atoms with Crippen LogP contribution in [-0.2, 0) is 36.7 Å². The third-order valence-corrected chi connectivity index (χ3v) is 4.48. The van der Waals surface area contributed by atoms with Crippen molar-refractivity contribution in [2.75, 3.05) is 39.6 Å². The zero-order valence-corrected chi connectivity index (χ0v) is 18.0. The molecule has 0 aromatic heterocycles. The van der Waals surface area contributed by atoms with E-state index in [1.165, 1.54) is 0 Å². The summed E-state index contributed by atoms with van der Waals surface area (Å²) in [6.45, 7) is 9.51. The first-order chi connectivity index (χ1) is 11.6. The molecule has 0 aliphatic rings. The Kier molecular flexibility index (Phi) is 11.3. The fraction of sp³-hybridized carbons (Fsp3) is 1.00. The fourth-order valence-corrected chi connectivity index (χ4v) is 3.11. The number of hydrogen-bond donors (Lipinski definition) is 0. The van der Waals surface area contributed by atoms with Crippen molar-refractivity contribution in [1.82, 2.24) is 0 Å². The van der Waals surface area contributed by atoms with Crippen LogP contribution in [0.25, 0.3) is 0 Å². The predicted octanol–water partition coefficient (Wildman–Crippen LogP) is 1.62. The molecular weight excluding hydrogens is 390 g/mol. The lowest BCUT2D eigenvalue weighted by atomic mass is 10.2. The van der Waals surface area contributed by atoms with Crippen LogP contribution in [0.3, 0.4) is 0 Å². The Morgan fingerprint density at radius 3 is 1.50 bits per heavy atom. The second-order valence-corrected chi connectivity index (χ2v) is 9.92. The van der Waals surface area contributed by atoms with Gasteiger partial charge in [0.2, 0.25) is 0 Å². The van der Waals surface area contributed by atoms with Gasteiger partial charge in [-0.25, -0.2) is 0 Å². The number of rotatable bonds is 13. The summed E-state index contributed by atoms with van der Waals surface area (Å²) in [6, 6.07) is 0. The number of hydrogen-bond acceptors (Lipinski definition) is 10. The van der Waals surface area contributed by atoms with Gasteiger partial charge in [-0.05, 0) is 41.5 Å². The van der Waals surface area contributed by atoms with E-state index in [1.54, 1.807) is 20.8 Å². The van der Waals surface area contributed by atoms with Crippen LogP contribution < -0.4 is 9.79 Å². The molecule has 0 saturated heterocycles. The van der Waals surface area contributed by atoms with E-state index in [1.807, 2.05) is 20.8 Å². The minimum Gasteiger partial charge on any atom is -0.756 e. The van der Waals surface area contributed by atoms with Gasteiger partial charge in [-0.2, -0.15) is 0 Å². The van der Waals surface area contributed by atoms with Crippen molar-refractivity contribution in [3.05, 3.63) is 0 Å².